The van der Waals surface area contributed by atoms with Crippen molar-refractivity contribution in [3.63, 3.8) is 0 Å². The predicted octanol–water partition coefficient (Wildman–Crippen LogP) is 0.202. The van der Waals surface area contributed by atoms with Crippen LogP contribution in [0.1, 0.15) is 19.4 Å². The van der Waals surface area contributed by atoms with Crippen LogP contribution in [0.4, 0.5) is 0 Å². The van der Waals surface area contributed by atoms with E-state index in [1.807, 2.05) is 25.2 Å². The molecule has 1 unspecified atom stereocenters. The van der Waals surface area contributed by atoms with E-state index in [2.05, 4.69) is 19.2 Å². The number of likely N-dealkylation sites (N-methyl/N-ethyl adjacent to an activating group) is 1. The van der Waals surface area contributed by atoms with Gasteiger partial charge in [-0.3, -0.25) is 4.79 Å². The summed E-state index contributed by atoms with van der Waals surface area (Å²) in [5.41, 5.74) is 1.14. The Labute approximate surface area is 119 Å². The molecule has 0 aromatic heterocycles. The number of carbonyl (C=O) groups is 1. The summed E-state index contributed by atoms with van der Waals surface area (Å²) in [5, 5.41) is 2.94. The third-order valence-corrected chi connectivity index (χ3v) is 3.11. The van der Waals surface area contributed by atoms with Crippen LogP contribution in [0.5, 0.6) is 11.5 Å². The molecule has 1 aliphatic heterocycles. The maximum absolute atomic E-state index is 11.8. The number of amides is 1. The summed E-state index contributed by atoms with van der Waals surface area (Å²) in [6, 6.07) is 5.92. The molecule has 2 N–H and O–H groups in total. The van der Waals surface area contributed by atoms with Crippen LogP contribution in [0.2, 0.25) is 0 Å². The van der Waals surface area contributed by atoms with Crippen LogP contribution in [0.3, 0.4) is 0 Å². The molecule has 1 aliphatic rings. The van der Waals surface area contributed by atoms with Gasteiger partial charge < -0.3 is 19.7 Å². The molecule has 1 aromatic rings. The van der Waals surface area contributed by atoms with Gasteiger partial charge in [0, 0.05) is 12.1 Å². The minimum absolute atomic E-state index is 0.0944. The van der Waals surface area contributed by atoms with Gasteiger partial charge in [-0.15, -0.1) is 0 Å². The molecule has 110 valence electrons. The number of carbonyl (C=O) groups excluding carboxylic acids is 1. The average molecular weight is 279 g/mol. The van der Waals surface area contributed by atoms with Gasteiger partial charge in [-0.2, -0.15) is 0 Å². The zero-order valence-corrected chi connectivity index (χ0v) is 12.4. The van der Waals surface area contributed by atoms with Gasteiger partial charge in [0.25, 0.3) is 5.91 Å². The van der Waals surface area contributed by atoms with Crippen molar-refractivity contribution >= 4 is 5.91 Å². The van der Waals surface area contributed by atoms with Gasteiger partial charge in [-0.25, -0.2) is 0 Å². The monoisotopic (exact) mass is 279 g/mol. The first kappa shape index (κ1) is 14.7. The average Bonchev–Trinajstić information content (AvgIpc) is 2.83. The number of quaternary nitrogens is 1. The van der Waals surface area contributed by atoms with E-state index in [9.17, 15) is 4.79 Å². The number of nitrogens with one attached hydrogen (secondary N) is 2. The van der Waals surface area contributed by atoms with E-state index < -0.39 is 0 Å². The fourth-order valence-electron chi connectivity index (χ4n) is 2.12. The fourth-order valence-corrected chi connectivity index (χ4v) is 2.12. The minimum Gasteiger partial charge on any atom is -0.454 e. The Balaban J connectivity index is 1.82. The lowest BCUT2D eigenvalue weighted by Crippen LogP contribution is -3.08. The smallest absolute Gasteiger partial charge is 0.275 e. The first-order valence-electron chi connectivity index (χ1n) is 7.01. The highest BCUT2D eigenvalue weighted by Crippen LogP contribution is 2.32. The van der Waals surface area contributed by atoms with Crippen molar-refractivity contribution in [2.45, 2.75) is 20.4 Å². The number of ether oxygens (including phenoxy) is 2. The van der Waals surface area contributed by atoms with Gasteiger partial charge in [0.1, 0.15) is 6.54 Å². The van der Waals surface area contributed by atoms with E-state index in [1.54, 1.807) is 0 Å². The summed E-state index contributed by atoms with van der Waals surface area (Å²) < 4.78 is 10.6. The molecular weight excluding hydrogens is 256 g/mol. The van der Waals surface area contributed by atoms with E-state index in [1.165, 1.54) is 0 Å². The van der Waals surface area contributed by atoms with E-state index in [0.717, 1.165) is 35.1 Å². The number of rotatable bonds is 6. The molecule has 2 rings (SSSR count). The molecule has 1 amide bonds. The second-order valence-electron chi connectivity index (χ2n) is 5.70. The lowest BCUT2D eigenvalue weighted by atomic mass is 10.2. The largest absolute Gasteiger partial charge is 0.454 e. The molecule has 0 saturated carbocycles. The third-order valence-electron chi connectivity index (χ3n) is 3.11. The maximum atomic E-state index is 11.8. The highest BCUT2D eigenvalue weighted by atomic mass is 16.7. The summed E-state index contributed by atoms with van der Waals surface area (Å²) in [4.78, 5) is 12.9. The fraction of sp³-hybridized carbons (Fsp3) is 0.533. The molecule has 1 heterocycles. The SMILES string of the molecule is CC(C)CNC(=O)C[NH+](C)Cc1ccc2c(c1)OCO2. The van der Waals surface area contributed by atoms with Crippen LogP contribution in [-0.4, -0.2) is 32.8 Å². The number of hydrogen-bond acceptors (Lipinski definition) is 3. The predicted molar refractivity (Wildman–Crippen MR) is 75.9 cm³/mol. The highest BCUT2D eigenvalue weighted by Gasteiger charge is 2.16. The van der Waals surface area contributed by atoms with Crippen molar-refractivity contribution in [2.24, 2.45) is 5.92 Å². The lowest BCUT2D eigenvalue weighted by Gasteiger charge is -2.14. The van der Waals surface area contributed by atoms with Crippen LogP contribution in [0.25, 0.3) is 0 Å². The highest BCUT2D eigenvalue weighted by molar-refractivity contribution is 5.76. The topological polar surface area (TPSA) is 52.0 Å². The Bertz CT molecular complexity index is 474. The van der Waals surface area contributed by atoms with Gasteiger partial charge in [-0.1, -0.05) is 13.8 Å². The molecule has 0 bridgehead atoms. The zero-order valence-electron chi connectivity index (χ0n) is 12.4. The standard InChI is InChI=1S/C15H22N2O3/c1-11(2)7-16-15(18)9-17(3)8-12-4-5-13-14(6-12)20-10-19-13/h4-6,11H,7-10H2,1-3H3,(H,16,18)/p+1. The molecular formula is C15H23N2O3+. The quantitative estimate of drug-likeness (QED) is 0.782. The molecule has 20 heavy (non-hydrogen) atoms. The Hall–Kier alpha value is -1.75. The van der Waals surface area contributed by atoms with Gasteiger partial charge in [0.2, 0.25) is 6.79 Å². The molecule has 0 aliphatic carbocycles. The first-order chi connectivity index (χ1) is 9.54. The lowest BCUT2D eigenvalue weighted by molar-refractivity contribution is -0.885. The summed E-state index contributed by atoms with van der Waals surface area (Å²) in [5.74, 6) is 2.16. The van der Waals surface area contributed by atoms with Crippen LogP contribution in [-0.2, 0) is 11.3 Å². The van der Waals surface area contributed by atoms with Crippen molar-refractivity contribution in [2.75, 3.05) is 26.9 Å². The van der Waals surface area contributed by atoms with Crippen molar-refractivity contribution in [3.8, 4) is 11.5 Å². The summed E-state index contributed by atoms with van der Waals surface area (Å²) in [6.45, 7) is 6.45. The Kier molecular flexibility index (Phi) is 4.84. The second-order valence-corrected chi connectivity index (χ2v) is 5.70. The normalized spacial score (nSPS) is 14.4. The van der Waals surface area contributed by atoms with Crippen molar-refractivity contribution in [3.05, 3.63) is 23.8 Å². The minimum atomic E-state index is 0.0944. The Morgan fingerprint density at radius 2 is 2.10 bits per heavy atom. The van der Waals surface area contributed by atoms with Crippen LogP contribution >= 0.6 is 0 Å². The molecule has 5 heteroatoms. The molecule has 0 saturated heterocycles. The number of hydrogen-bond donors (Lipinski definition) is 2. The molecule has 0 spiro atoms. The number of fused-ring (bicyclic) bond motifs is 1. The van der Waals surface area contributed by atoms with E-state index >= 15 is 0 Å². The summed E-state index contributed by atoms with van der Waals surface area (Å²) >= 11 is 0. The first-order valence-corrected chi connectivity index (χ1v) is 7.01. The Morgan fingerprint density at radius 3 is 2.85 bits per heavy atom. The third kappa shape index (κ3) is 4.13. The molecule has 5 nitrogen and oxygen atoms in total. The van der Waals surface area contributed by atoms with Gasteiger partial charge in [-0.05, 0) is 24.1 Å². The van der Waals surface area contributed by atoms with Crippen molar-refractivity contribution in [1.29, 1.82) is 0 Å². The van der Waals surface area contributed by atoms with Gasteiger partial charge in [0.05, 0.1) is 7.05 Å². The molecule has 1 aromatic carbocycles. The van der Waals surface area contributed by atoms with Crippen LogP contribution in [0.15, 0.2) is 18.2 Å². The van der Waals surface area contributed by atoms with E-state index in [4.69, 9.17) is 9.47 Å². The van der Waals surface area contributed by atoms with E-state index in [-0.39, 0.29) is 5.91 Å². The summed E-state index contributed by atoms with van der Waals surface area (Å²) in [7, 11) is 2.01. The van der Waals surface area contributed by atoms with Gasteiger partial charge >= 0.3 is 0 Å². The maximum Gasteiger partial charge on any atom is 0.275 e. The van der Waals surface area contributed by atoms with E-state index in [0.29, 0.717) is 19.3 Å². The van der Waals surface area contributed by atoms with Crippen molar-refractivity contribution < 1.29 is 19.2 Å². The zero-order chi connectivity index (χ0) is 14.5. The van der Waals surface area contributed by atoms with Crippen molar-refractivity contribution in [1.82, 2.24) is 5.32 Å². The number of benzene rings is 1. The Morgan fingerprint density at radius 1 is 1.35 bits per heavy atom. The van der Waals surface area contributed by atoms with Crippen LogP contribution in [0, 0.1) is 5.92 Å². The molecule has 0 radical (unpaired) electrons. The van der Waals surface area contributed by atoms with Crippen LogP contribution < -0.4 is 19.7 Å². The summed E-state index contributed by atoms with van der Waals surface area (Å²) in [6.07, 6.45) is 0. The van der Waals surface area contributed by atoms with Gasteiger partial charge in [0.15, 0.2) is 18.0 Å². The molecule has 0 fully saturated rings. The second kappa shape index (κ2) is 6.61. The molecule has 1 atom stereocenters.